The zero-order valence-corrected chi connectivity index (χ0v) is 14.5. The SMILES string of the molecule is CNC(CCCCNC(=O)CC(NC)C(=O)C(C)C)C(C)=O. The minimum Gasteiger partial charge on any atom is -0.356 e. The fraction of sp³-hybridized carbons (Fsp3) is 0.812. The van der Waals surface area contributed by atoms with E-state index >= 15 is 0 Å². The molecule has 0 aromatic rings. The fourth-order valence-corrected chi connectivity index (χ4v) is 2.26. The lowest BCUT2D eigenvalue weighted by atomic mass is 9.99. The highest BCUT2D eigenvalue weighted by molar-refractivity contribution is 5.90. The number of carbonyl (C=O) groups excluding carboxylic acids is 3. The third kappa shape index (κ3) is 8.24. The van der Waals surface area contributed by atoms with Gasteiger partial charge in [0.2, 0.25) is 5.91 Å². The van der Waals surface area contributed by atoms with E-state index in [0.29, 0.717) is 6.54 Å². The van der Waals surface area contributed by atoms with E-state index in [1.54, 1.807) is 21.0 Å². The molecule has 3 N–H and O–H groups in total. The quantitative estimate of drug-likeness (QED) is 0.461. The van der Waals surface area contributed by atoms with Gasteiger partial charge < -0.3 is 16.0 Å². The Morgan fingerprint density at radius 2 is 1.55 bits per heavy atom. The van der Waals surface area contributed by atoms with Crippen molar-refractivity contribution in [2.45, 2.75) is 58.5 Å². The molecule has 0 fully saturated rings. The van der Waals surface area contributed by atoms with E-state index in [1.807, 2.05) is 13.8 Å². The van der Waals surface area contributed by atoms with Gasteiger partial charge in [-0.25, -0.2) is 0 Å². The molecule has 0 aliphatic rings. The van der Waals surface area contributed by atoms with Gasteiger partial charge in [0.25, 0.3) is 0 Å². The average Bonchev–Trinajstić information content (AvgIpc) is 2.47. The predicted molar refractivity (Wildman–Crippen MR) is 87.7 cm³/mol. The van der Waals surface area contributed by atoms with Gasteiger partial charge in [0.1, 0.15) is 5.78 Å². The number of hydrogen-bond donors (Lipinski definition) is 3. The molecule has 128 valence electrons. The van der Waals surface area contributed by atoms with Crippen LogP contribution < -0.4 is 16.0 Å². The molecule has 0 aliphatic carbocycles. The van der Waals surface area contributed by atoms with Gasteiger partial charge in [-0.2, -0.15) is 0 Å². The summed E-state index contributed by atoms with van der Waals surface area (Å²) in [5.74, 6) is -0.0213. The lowest BCUT2D eigenvalue weighted by Crippen LogP contribution is -2.41. The number of amides is 1. The molecule has 0 bridgehead atoms. The minimum atomic E-state index is -0.425. The molecule has 0 spiro atoms. The number of hydrogen-bond acceptors (Lipinski definition) is 5. The molecular formula is C16H31N3O3. The van der Waals surface area contributed by atoms with Crippen LogP contribution in [-0.2, 0) is 14.4 Å². The maximum Gasteiger partial charge on any atom is 0.222 e. The third-order valence-electron chi connectivity index (χ3n) is 3.73. The van der Waals surface area contributed by atoms with Crippen LogP contribution in [0.15, 0.2) is 0 Å². The van der Waals surface area contributed by atoms with E-state index in [9.17, 15) is 14.4 Å². The van der Waals surface area contributed by atoms with Crippen LogP contribution >= 0.6 is 0 Å². The Morgan fingerprint density at radius 1 is 0.955 bits per heavy atom. The molecule has 1 amide bonds. The van der Waals surface area contributed by atoms with E-state index in [1.165, 1.54) is 0 Å². The van der Waals surface area contributed by atoms with Crippen molar-refractivity contribution < 1.29 is 14.4 Å². The first kappa shape index (κ1) is 20.7. The van der Waals surface area contributed by atoms with Crippen LogP contribution in [0.1, 0.15) is 46.5 Å². The minimum absolute atomic E-state index is 0.0518. The lowest BCUT2D eigenvalue weighted by molar-refractivity contribution is -0.128. The number of nitrogens with one attached hydrogen (secondary N) is 3. The number of likely N-dealkylation sites (N-methyl/N-ethyl adjacent to an activating group) is 2. The molecule has 2 atom stereocenters. The summed E-state index contributed by atoms with van der Waals surface area (Å²) in [4.78, 5) is 35.0. The van der Waals surface area contributed by atoms with Crippen molar-refractivity contribution >= 4 is 17.5 Å². The van der Waals surface area contributed by atoms with E-state index in [4.69, 9.17) is 0 Å². The standard InChI is InChI=1S/C16H31N3O3/c1-11(2)16(22)14(18-5)10-15(21)19-9-7-6-8-13(17-4)12(3)20/h11,13-14,17-18H,6-10H2,1-5H3,(H,19,21). The van der Waals surface area contributed by atoms with E-state index < -0.39 is 6.04 Å². The summed E-state index contributed by atoms with van der Waals surface area (Å²) < 4.78 is 0. The highest BCUT2D eigenvalue weighted by Gasteiger charge is 2.22. The monoisotopic (exact) mass is 313 g/mol. The van der Waals surface area contributed by atoms with Gasteiger partial charge in [0.05, 0.1) is 12.1 Å². The van der Waals surface area contributed by atoms with Crippen molar-refractivity contribution in [1.29, 1.82) is 0 Å². The van der Waals surface area contributed by atoms with Crippen LogP contribution in [0, 0.1) is 5.92 Å². The molecular weight excluding hydrogens is 282 g/mol. The zero-order valence-electron chi connectivity index (χ0n) is 14.5. The molecule has 0 aliphatic heterocycles. The number of Topliss-reactive ketones (excluding diaryl/α,β-unsaturated/α-hetero) is 2. The van der Waals surface area contributed by atoms with E-state index in [-0.39, 0.29) is 35.9 Å². The Morgan fingerprint density at radius 3 is 2.00 bits per heavy atom. The van der Waals surface area contributed by atoms with Crippen molar-refractivity contribution in [3.8, 4) is 0 Å². The van der Waals surface area contributed by atoms with E-state index in [2.05, 4.69) is 16.0 Å². The van der Waals surface area contributed by atoms with Gasteiger partial charge in [-0.05, 0) is 40.3 Å². The molecule has 0 saturated heterocycles. The summed E-state index contributed by atoms with van der Waals surface area (Å²) in [5.41, 5.74) is 0. The topological polar surface area (TPSA) is 87.3 Å². The van der Waals surface area contributed by atoms with Crippen molar-refractivity contribution in [2.24, 2.45) is 5.92 Å². The van der Waals surface area contributed by atoms with Crippen LogP contribution in [0.3, 0.4) is 0 Å². The van der Waals surface area contributed by atoms with Crippen LogP contribution in [0.4, 0.5) is 0 Å². The zero-order chi connectivity index (χ0) is 17.1. The molecule has 0 saturated carbocycles. The van der Waals surface area contributed by atoms with Gasteiger partial charge in [0.15, 0.2) is 5.78 Å². The third-order valence-corrected chi connectivity index (χ3v) is 3.73. The van der Waals surface area contributed by atoms with Gasteiger partial charge in [-0.15, -0.1) is 0 Å². The Kier molecular flexibility index (Phi) is 10.7. The highest BCUT2D eigenvalue weighted by atomic mass is 16.2. The molecule has 0 aromatic carbocycles. The average molecular weight is 313 g/mol. The van der Waals surface area contributed by atoms with Crippen molar-refractivity contribution in [1.82, 2.24) is 16.0 Å². The van der Waals surface area contributed by atoms with Crippen LogP contribution in [0.25, 0.3) is 0 Å². The number of ketones is 2. The van der Waals surface area contributed by atoms with Crippen molar-refractivity contribution in [2.75, 3.05) is 20.6 Å². The first-order chi connectivity index (χ1) is 10.3. The Bertz CT molecular complexity index is 370. The molecule has 0 aromatic heterocycles. The van der Waals surface area contributed by atoms with Gasteiger partial charge in [0, 0.05) is 18.9 Å². The maximum atomic E-state index is 11.9. The van der Waals surface area contributed by atoms with E-state index in [0.717, 1.165) is 19.3 Å². The Labute approximate surface area is 133 Å². The molecule has 6 nitrogen and oxygen atoms in total. The summed E-state index contributed by atoms with van der Waals surface area (Å²) in [7, 11) is 3.47. The molecule has 22 heavy (non-hydrogen) atoms. The van der Waals surface area contributed by atoms with Crippen LogP contribution in [0.5, 0.6) is 0 Å². The summed E-state index contributed by atoms with van der Waals surface area (Å²) in [6, 6.07) is -0.528. The second-order valence-corrected chi connectivity index (χ2v) is 5.90. The molecule has 6 heteroatoms. The van der Waals surface area contributed by atoms with Crippen LogP contribution in [-0.4, -0.2) is 50.2 Å². The molecule has 2 unspecified atom stereocenters. The summed E-state index contributed by atoms with van der Waals surface area (Å²) in [6.45, 7) is 5.81. The number of rotatable bonds is 12. The lowest BCUT2D eigenvalue weighted by Gasteiger charge is -2.17. The molecule has 0 heterocycles. The highest BCUT2D eigenvalue weighted by Crippen LogP contribution is 2.04. The molecule has 0 rings (SSSR count). The second kappa shape index (κ2) is 11.3. The Balaban J connectivity index is 3.94. The largest absolute Gasteiger partial charge is 0.356 e. The first-order valence-electron chi connectivity index (χ1n) is 7.98. The number of unbranched alkanes of at least 4 members (excludes halogenated alkanes) is 1. The summed E-state index contributed by atoms with van der Waals surface area (Å²) in [6.07, 6.45) is 2.62. The normalized spacial score (nSPS) is 13.7. The van der Waals surface area contributed by atoms with Crippen LogP contribution in [0.2, 0.25) is 0 Å². The van der Waals surface area contributed by atoms with Gasteiger partial charge >= 0.3 is 0 Å². The van der Waals surface area contributed by atoms with Gasteiger partial charge in [-0.3, -0.25) is 14.4 Å². The second-order valence-electron chi connectivity index (χ2n) is 5.90. The number of carbonyl (C=O) groups is 3. The van der Waals surface area contributed by atoms with Crippen molar-refractivity contribution in [3.05, 3.63) is 0 Å². The summed E-state index contributed by atoms with van der Waals surface area (Å²) >= 11 is 0. The maximum absolute atomic E-state index is 11.9. The Hall–Kier alpha value is -1.27. The molecule has 0 radical (unpaired) electrons. The first-order valence-corrected chi connectivity index (χ1v) is 7.98. The van der Waals surface area contributed by atoms with Crippen molar-refractivity contribution in [3.63, 3.8) is 0 Å². The van der Waals surface area contributed by atoms with Gasteiger partial charge in [-0.1, -0.05) is 13.8 Å². The fourth-order valence-electron chi connectivity index (χ4n) is 2.26. The smallest absolute Gasteiger partial charge is 0.222 e. The summed E-state index contributed by atoms with van der Waals surface area (Å²) in [5, 5.41) is 8.70. The predicted octanol–water partition coefficient (Wildman–Crippen LogP) is 0.653.